The standard InChI is InChI=1S/C67H124NO8P/c1-6-8-10-12-14-16-18-20-22-24-26-28-29-30-31-32-33-34-35-36-37-38-39-40-42-44-46-48-50-52-54-56-58-60-67(70)76-65(64-75-77(71,72)74-62-61-68(3,4)5)63-73-66(69)59-57-55-53-51-49-47-45-43-41-27-25-23-21-19-17-15-13-11-9-7-2/h8,10,14,16,20,22,26,28,30-31,65H,6-7,9,11-13,15,17-19,21,23-25,27,29,32-64H2,1-5H3/p+1/b10-8-,16-14-,22-20-,28-26-,31-30-. The van der Waals surface area contributed by atoms with Crippen molar-refractivity contribution in [3.05, 3.63) is 60.8 Å². The van der Waals surface area contributed by atoms with Crippen molar-refractivity contribution in [2.45, 2.75) is 309 Å². The van der Waals surface area contributed by atoms with Gasteiger partial charge < -0.3 is 18.9 Å². The molecule has 0 bridgehead atoms. The Morgan fingerprint density at radius 1 is 0.416 bits per heavy atom. The first kappa shape index (κ1) is 74.7. The average molecular weight is 1100 g/mol. The molecule has 0 fully saturated rings. The van der Waals surface area contributed by atoms with E-state index in [0.29, 0.717) is 23.9 Å². The van der Waals surface area contributed by atoms with Crippen LogP contribution in [-0.4, -0.2) is 74.9 Å². The van der Waals surface area contributed by atoms with E-state index in [2.05, 4.69) is 74.6 Å². The van der Waals surface area contributed by atoms with Crippen LogP contribution in [0.4, 0.5) is 0 Å². The van der Waals surface area contributed by atoms with E-state index < -0.39 is 26.5 Å². The van der Waals surface area contributed by atoms with Crippen LogP contribution in [0.15, 0.2) is 60.8 Å². The number of hydrogen-bond acceptors (Lipinski definition) is 7. The van der Waals surface area contributed by atoms with Crippen LogP contribution in [0.5, 0.6) is 0 Å². The highest BCUT2D eigenvalue weighted by Gasteiger charge is 2.27. The fraction of sp³-hybridized carbons (Fsp3) is 0.821. The molecule has 2 unspecified atom stereocenters. The molecule has 1 N–H and O–H groups in total. The second kappa shape index (κ2) is 58.4. The van der Waals surface area contributed by atoms with E-state index in [1.54, 1.807) is 0 Å². The summed E-state index contributed by atoms with van der Waals surface area (Å²) in [5.74, 6) is -0.781. The summed E-state index contributed by atoms with van der Waals surface area (Å²) in [6.45, 7) is 4.37. The lowest BCUT2D eigenvalue weighted by Crippen LogP contribution is -2.37. The largest absolute Gasteiger partial charge is 0.472 e. The molecular formula is C67H125NO8P+. The number of carbonyl (C=O) groups is 2. The molecule has 10 heteroatoms. The van der Waals surface area contributed by atoms with Gasteiger partial charge in [0.25, 0.3) is 0 Å². The van der Waals surface area contributed by atoms with Crippen molar-refractivity contribution >= 4 is 19.8 Å². The molecule has 9 nitrogen and oxygen atoms in total. The van der Waals surface area contributed by atoms with E-state index in [4.69, 9.17) is 18.5 Å². The van der Waals surface area contributed by atoms with E-state index in [1.807, 2.05) is 21.1 Å². The van der Waals surface area contributed by atoms with Gasteiger partial charge in [-0.05, 0) is 57.8 Å². The van der Waals surface area contributed by atoms with E-state index in [-0.39, 0.29) is 25.6 Å². The molecule has 0 spiro atoms. The van der Waals surface area contributed by atoms with Crippen molar-refractivity contribution in [3.63, 3.8) is 0 Å². The van der Waals surface area contributed by atoms with Crippen LogP contribution >= 0.6 is 7.82 Å². The van der Waals surface area contributed by atoms with Crippen molar-refractivity contribution in [1.82, 2.24) is 0 Å². The predicted octanol–water partition coefficient (Wildman–Crippen LogP) is 20.7. The SMILES string of the molecule is CC/C=C\C/C=C\C/C=C\C/C=C\C/C=C\CCCCCCCCCCCCCCCCCCCC(=O)OC(COC(=O)CCCCCCCCCCCCCCCCCCCCCC)COP(=O)(O)OCC[N+](C)(C)C. The zero-order valence-electron chi connectivity index (χ0n) is 51.2. The third kappa shape index (κ3) is 62.8. The van der Waals surface area contributed by atoms with Crippen LogP contribution in [-0.2, 0) is 32.7 Å². The van der Waals surface area contributed by atoms with Crippen molar-refractivity contribution in [3.8, 4) is 0 Å². The topological polar surface area (TPSA) is 108 Å². The maximum Gasteiger partial charge on any atom is 0.472 e. The number of rotatable bonds is 60. The minimum atomic E-state index is -4.39. The number of allylic oxidation sites excluding steroid dienone is 10. The van der Waals surface area contributed by atoms with Gasteiger partial charge in [0.15, 0.2) is 6.10 Å². The van der Waals surface area contributed by atoms with E-state index in [1.165, 1.54) is 205 Å². The first-order chi connectivity index (χ1) is 37.5. The van der Waals surface area contributed by atoms with Gasteiger partial charge in [-0.25, -0.2) is 4.57 Å². The molecule has 0 aliphatic rings. The molecule has 0 aromatic carbocycles. The third-order valence-corrected chi connectivity index (χ3v) is 15.3. The van der Waals surface area contributed by atoms with E-state index in [9.17, 15) is 19.0 Å². The molecule has 0 aromatic rings. The summed E-state index contributed by atoms with van der Waals surface area (Å²) in [5.41, 5.74) is 0. The van der Waals surface area contributed by atoms with Crippen LogP contribution in [0, 0.1) is 0 Å². The fourth-order valence-corrected chi connectivity index (χ4v) is 10.1. The number of quaternary nitrogens is 1. The lowest BCUT2D eigenvalue weighted by Gasteiger charge is -2.24. The third-order valence-electron chi connectivity index (χ3n) is 14.3. The van der Waals surface area contributed by atoms with Gasteiger partial charge in [0.2, 0.25) is 0 Å². The van der Waals surface area contributed by atoms with E-state index >= 15 is 0 Å². The fourth-order valence-electron chi connectivity index (χ4n) is 9.34. The van der Waals surface area contributed by atoms with Gasteiger partial charge in [-0.15, -0.1) is 0 Å². The highest BCUT2D eigenvalue weighted by atomic mass is 31.2. The van der Waals surface area contributed by atoms with Gasteiger partial charge in [0.1, 0.15) is 19.8 Å². The average Bonchev–Trinajstić information content (AvgIpc) is 3.39. The predicted molar refractivity (Wildman–Crippen MR) is 330 cm³/mol. The van der Waals surface area contributed by atoms with Gasteiger partial charge in [-0.2, -0.15) is 0 Å². The lowest BCUT2D eigenvalue weighted by molar-refractivity contribution is -0.870. The van der Waals surface area contributed by atoms with E-state index in [0.717, 1.165) is 64.2 Å². The Labute approximate surface area is 476 Å². The Hall–Kier alpha value is -2.29. The molecule has 0 aliphatic heterocycles. The molecule has 0 rings (SSSR count). The summed E-state index contributed by atoms with van der Waals surface area (Å²) in [5, 5.41) is 0. The molecule has 0 radical (unpaired) electrons. The monoisotopic (exact) mass is 1100 g/mol. The number of nitrogens with zero attached hydrogens (tertiary/aromatic N) is 1. The van der Waals surface area contributed by atoms with Crippen LogP contribution < -0.4 is 0 Å². The molecule has 0 aliphatic carbocycles. The zero-order valence-corrected chi connectivity index (χ0v) is 52.1. The highest BCUT2D eigenvalue weighted by molar-refractivity contribution is 7.47. The van der Waals surface area contributed by atoms with Crippen LogP contribution in [0.1, 0.15) is 303 Å². The first-order valence-electron chi connectivity index (χ1n) is 32.5. The number of carbonyl (C=O) groups excluding carboxylic acids is 2. The van der Waals surface area contributed by atoms with Crippen molar-refractivity contribution in [1.29, 1.82) is 0 Å². The maximum absolute atomic E-state index is 12.9. The zero-order chi connectivity index (χ0) is 56.3. The highest BCUT2D eigenvalue weighted by Crippen LogP contribution is 2.43. The number of likely N-dealkylation sites (N-methyl/N-ethyl adjacent to an activating group) is 1. The Morgan fingerprint density at radius 3 is 1.10 bits per heavy atom. The quantitative estimate of drug-likeness (QED) is 0.0211. The maximum atomic E-state index is 12.9. The molecule has 0 amide bonds. The number of unbranched alkanes of at least 4 members (excludes halogenated alkanes) is 36. The summed E-state index contributed by atoms with van der Waals surface area (Å²) in [6.07, 6.45) is 75.9. The molecular weight excluding hydrogens is 978 g/mol. The van der Waals surface area contributed by atoms with Crippen molar-refractivity contribution < 1.29 is 42.1 Å². The Morgan fingerprint density at radius 2 is 0.740 bits per heavy atom. The van der Waals surface area contributed by atoms with Gasteiger partial charge in [0, 0.05) is 12.8 Å². The number of phosphoric ester groups is 1. The summed E-state index contributed by atoms with van der Waals surface area (Å²) in [7, 11) is 1.49. The minimum absolute atomic E-state index is 0.0332. The summed E-state index contributed by atoms with van der Waals surface area (Å²) in [6, 6.07) is 0. The summed E-state index contributed by atoms with van der Waals surface area (Å²) in [4.78, 5) is 35.8. The molecule has 0 heterocycles. The van der Waals surface area contributed by atoms with Gasteiger partial charge in [-0.3, -0.25) is 18.6 Å². The normalized spacial score (nSPS) is 13.6. The van der Waals surface area contributed by atoms with Crippen molar-refractivity contribution in [2.24, 2.45) is 0 Å². The van der Waals surface area contributed by atoms with Crippen LogP contribution in [0.2, 0.25) is 0 Å². The Bertz CT molecular complexity index is 1480. The number of hydrogen-bond donors (Lipinski definition) is 1. The number of ether oxygens (including phenoxy) is 2. The van der Waals surface area contributed by atoms with Gasteiger partial charge >= 0.3 is 19.8 Å². The molecule has 0 saturated carbocycles. The molecule has 0 aromatic heterocycles. The molecule has 0 saturated heterocycles. The van der Waals surface area contributed by atoms with Crippen LogP contribution in [0.3, 0.4) is 0 Å². The summed E-state index contributed by atoms with van der Waals surface area (Å²) < 4.78 is 34.7. The number of esters is 2. The number of phosphoric acid groups is 1. The molecule has 2 atom stereocenters. The van der Waals surface area contributed by atoms with Crippen LogP contribution in [0.25, 0.3) is 0 Å². The Balaban J connectivity index is 4.03. The second-order valence-corrected chi connectivity index (χ2v) is 24.6. The summed E-state index contributed by atoms with van der Waals surface area (Å²) >= 11 is 0. The minimum Gasteiger partial charge on any atom is -0.462 e. The van der Waals surface area contributed by atoms with Gasteiger partial charge in [0.05, 0.1) is 27.7 Å². The molecule has 77 heavy (non-hydrogen) atoms. The van der Waals surface area contributed by atoms with Crippen molar-refractivity contribution in [2.75, 3.05) is 47.5 Å². The lowest BCUT2D eigenvalue weighted by atomic mass is 10.0. The smallest absolute Gasteiger partial charge is 0.462 e. The first-order valence-corrected chi connectivity index (χ1v) is 34.0. The Kier molecular flexibility index (Phi) is 56.6. The van der Waals surface area contributed by atoms with Gasteiger partial charge in [-0.1, -0.05) is 293 Å². The second-order valence-electron chi connectivity index (χ2n) is 23.1. The molecule has 450 valence electrons.